The molecule has 7 heteroatoms. The van der Waals surface area contributed by atoms with E-state index < -0.39 is 35.7 Å². The third-order valence-corrected chi connectivity index (χ3v) is 5.44. The summed E-state index contributed by atoms with van der Waals surface area (Å²) in [6.07, 6.45) is 5.93. The molecule has 1 saturated heterocycles. The number of nitrogens with zero attached hydrogens (tertiary/aromatic N) is 1. The van der Waals surface area contributed by atoms with Gasteiger partial charge in [0, 0.05) is 12.6 Å². The lowest BCUT2D eigenvalue weighted by Crippen LogP contribution is -2.58. The molecular formula is C19H24F2N2O3. The van der Waals surface area contributed by atoms with Crippen LogP contribution < -0.4 is 5.32 Å². The molecule has 1 saturated carbocycles. The van der Waals surface area contributed by atoms with Crippen LogP contribution >= 0.6 is 0 Å². The highest BCUT2D eigenvalue weighted by molar-refractivity contribution is 5.87. The zero-order valence-corrected chi connectivity index (χ0v) is 14.6. The zero-order valence-electron chi connectivity index (χ0n) is 14.6. The van der Waals surface area contributed by atoms with Gasteiger partial charge >= 0.3 is 6.09 Å². The molecule has 2 N–H and O–H groups in total. The molecule has 1 heterocycles. The molecule has 26 heavy (non-hydrogen) atoms. The molecule has 1 aliphatic heterocycles. The summed E-state index contributed by atoms with van der Waals surface area (Å²) >= 11 is 0. The number of halogens is 2. The molecule has 1 aliphatic carbocycles. The Kier molecular flexibility index (Phi) is 5.74. The van der Waals surface area contributed by atoms with E-state index in [9.17, 15) is 23.5 Å². The number of amides is 2. The summed E-state index contributed by atoms with van der Waals surface area (Å²) < 4.78 is 27.0. The average molecular weight is 366 g/mol. The number of rotatable bonds is 3. The van der Waals surface area contributed by atoms with Crippen LogP contribution in [0.2, 0.25) is 0 Å². The third kappa shape index (κ3) is 4.31. The van der Waals surface area contributed by atoms with Gasteiger partial charge in [0.05, 0.1) is 6.04 Å². The van der Waals surface area contributed by atoms with Crippen molar-refractivity contribution in [1.29, 1.82) is 0 Å². The number of carbonyl (C=O) groups is 2. The summed E-state index contributed by atoms with van der Waals surface area (Å²) in [5.74, 6) is -1.57. The Morgan fingerprint density at radius 1 is 1.12 bits per heavy atom. The van der Waals surface area contributed by atoms with Gasteiger partial charge in [-0.05, 0) is 30.0 Å². The van der Waals surface area contributed by atoms with Crippen molar-refractivity contribution in [1.82, 2.24) is 10.2 Å². The van der Waals surface area contributed by atoms with E-state index in [-0.39, 0.29) is 12.1 Å². The lowest BCUT2D eigenvalue weighted by Gasteiger charge is -2.39. The second-order valence-corrected chi connectivity index (χ2v) is 7.31. The molecule has 0 spiro atoms. The minimum Gasteiger partial charge on any atom is -0.465 e. The zero-order chi connectivity index (χ0) is 18.7. The van der Waals surface area contributed by atoms with Crippen LogP contribution in [0.15, 0.2) is 18.2 Å². The van der Waals surface area contributed by atoms with Crippen molar-refractivity contribution in [2.45, 2.75) is 57.0 Å². The van der Waals surface area contributed by atoms with Crippen molar-refractivity contribution in [3.63, 3.8) is 0 Å². The molecule has 0 aromatic heterocycles. The summed E-state index contributed by atoms with van der Waals surface area (Å²) in [4.78, 5) is 25.5. The largest absolute Gasteiger partial charge is 0.465 e. The fraction of sp³-hybridized carbons (Fsp3) is 0.579. The summed E-state index contributed by atoms with van der Waals surface area (Å²) in [6, 6.07) is 1.50. The first kappa shape index (κ1) is 18.6. The van der Waals surface area contributed by atoms with Crippen LogP contribution in [0.5, 0.6) is 0 Å². The van der Waals surface area contributed by atoms with Crippen LogP contribution in [0.1, 0.15) is 56.6 Å². The van der Waals surface area contributed by atoms with Crippen LogP contribution in [-0.4, -0.2) is 34.6 Å². The Labute approximate surface area is 151 Å². The minimum atomic E-state index is -1.18. The van der Waals surface area contributed by atoms with E-state index in [1.165, 1.54) is 12.8 Å². The summed E-state index contributed by atoms with van der Waals surface area (Å²) in [6.45, 7) is -0.0125. The molecule has 2 atom stereocenters. The van der Waals surface area contributed by atoms with Crippen molar-refractivity contribution in [2.75, 3.05) is 6.54 Å². The smallest absolute Gasteiger partial charge is 0.408 e. The van der Waals surface area contributed by atoms with E-state index in [2.05, 4.69) is 5.32 Å². The molecule has 2 aliphatic rings. The minimum absolute atomic E-state index is 0.0125. The monoisotopic (exact) mass is 366 g/mol. The summed E-state index contributed by atoms with van der Waals surface area (Å²) in [7, 11) is 0. The molecule has 0 radical (unpaired) electrons. The van der Waals surface area contributed by atoms with Crippen molar-refractivity contribution in [3.8, 4) is 0 Å². The van der Waals surface area contributed by atoms with Crippen molar-refractivity contribution < 1.29 is 23.5 Å². The number of hydrogen-bond donors (Lipinski definition) is 2. The fourth-order valence-corrected chi connectivity index (χ4v) is 4.11. The Morgan fingerprint density at radius 2 is 1.73 bits per heavy atom. The van der Waals surface area contributed by atoms with Gasteiger partial charge in [0.1, 0.15) is 17.7 Å². The van der Waals surface area contributed by atoms with Gasteiger partial charge in [-0.3, -0.25) is 9.69 Å². The van der Waals surface area contributed by atoms with Gasteiger partial charge in [-0.2, -0.15) is 0 Å². The first-order chi connectivity index (χ1) is 12.4. The van der Waals surface area contributed by atoms with Crippen molar-refractivity contribution >= 4 is 12.0 Å². The maximum absolute atomic E-state index is 13.5. The Bertz CT molecular complexity index is 654. The second kappa shape index (κ2) is 8.01. The number of hydrogen-bond acceptors (Lipinski definition) is 2. The average Bonchev–Trinajstić information content (AvgIpc) is 2.84. The quantitative estimate of drug-likeness (QED) is 0.799. The first-order valence-corrected chi connectivity index (χ1v) is 9.20. The van der Waals surface area contributed by atoms with Crippen LogP contribution in [0.3, 0.4) is 0 Å². The molecular weight excluding hydrogens is 342 g/mol. The topological polar surface area (TPSA) is 69.6 Å². The van der Waals surface area contributed by atoms with Crippen LogP contribution in [-0.2, 0) is 4.79 Å². The van der Waals surface area contributed by atoms with Gasteiger partial charge < -0.3 is 10.4 Å². The number of nitrogens with one attached hydrogen (secondary N) is 1. The van der Waals surface area contributed by atoms with Crippen LogP contribution in [0.25, 0.3) is 0 Å². The molecule has 3 rings (SSSR count). The second-order valence-electron chi connectivity index (χ2n) is 7.31. The van der Waals surface area contributed by atoms with Gasteiger partial charge in [-0.25, -0.2) is 13.6 Å². The molecule has 5 nitrogen and oxygen atoms in total. The van der Waals surface area contributed by atoms with Crippen molar-refractivity contribution in [3.05, 3.63) is 35.4 Å². The van der Waals surface area contributed by atoms with E-state index >= 15 is 0 Å². The molecule has 2 unspecified atom stereocenters. The standard InChI is InChI=1S/C19H24F2N2O3/c20-14-8-13(9-15(21)10-14)16-11-23(19(25)26)17(18(24)22-16)7-12-5-3-1-2-4-6-12/h8-10,12,16-17H,1-7,11H2,(H,22,24)(H,25,26). The number of piperazine rings is 1. The molecule has 2 amide bonds. The van der Waals surface area contributed by atoms with Crippen LogP contribution in [0.4, 0.5) is 13.6 Å². The van der Waals surface area contributed by atoms with E-state index in [0.717, 1.165) is 48.8 Å². The van der Waals surface area contributed by atoms with Gasteiger partial charge in [0.15, 0.2) is 0 Å². The highest BCUT2D eigenvalue weighted by atomic mass is 19.1. The van der Waals surface area contributed by atoms with E-state index in [1.54, 1.807) is 0 Å². The van der Waals surface area contributed by atoms with Gasteiger partial charge in [0.25, 0.3) is 0 Å². The highest BCUT2D eigenvalue weighted by Gasteiger charge is 2.39. The Balaban J connectivity index is 1.76. The lowest BCUT2D eigenvalue weighted by atomic mass is 9.89. The van der Waals surface area contributed by atoms with Crippen molar-refractivity contribution in [2.24, 2.45) is 5.92 Å². The SMILES string of the molecule is O=C1NC(c2cc(F)cc(F)c2)CN(C(=O)O)C1CC1CCCCCC1. The summed E-state index contributed by atoms with van der Waals surface area (Å²) in [5.41, 5.74) is 0.231. The van der Waals surface area contributed by atoms with E-state index in [1.807, 2.05) is 0 Å². The Morgan fingerprint density at radius 3 is 2.31 bits per heavy atom. The predicted molar refractivity (Wildman–Crippen MR) is 91.6 cm³/mol. The third-order valence-electron chi connectivity index (χ3n) is 5.44. The van der Waals surface area contributed by atoms with E-state index in [4.69, 9.17) is 0 Å². The highest BCUT2D eigenvalue weighted by Crippen LogP contribution is 2.31. The molecule has 1 aromatic rings. The molecule has 142 valence electrons. The Hall–Kier alpha value is -2.18. The maximum Gasteiger partial charge on any atom is 0.408 e. The van der Waals surface area contributed by atoms with Gasteiger partial charge in [-0.15, -0.1) is 0 Å². The normalized spacial score (nSPS) is 24.8. The van der Waals surface area contributed by atoms with Gasteiger partial charge in [0.2, 0.25) is 5.91 Å². The predicted octanol–water partition coefficient (Wildman–Crippen LogP) is 3.84. The number of carboxylic acid groups (broad SMARTS) is 1. The lowest BCUT2D eigenvalue weighted by molar-refractivity contribution is -0.130. The number of carbonyl (C=O) groups excluding carboxylic acids is 1. The molecule has 2 fully saturated rings. The molecule has 0 bridgehead atoms. The number of benzene rings is 1. The fourth-order valence-electron chi connectivity index (χ4n) is 4.11. The van der Waals surface area contributed by atoms with Crippen LogP contribution in [0, 0.1) is 17.6 Å². The first-order valence-electron chi connectivity index (χ1n) is 9.20. The van der Waals surface area contributed by atoms with E-state index in [0.29, 0.717) is 12.3 Å². The molecule has 1 aromatic carbocycles. The van der Waals surface area contributed by atoms with Gasteiger partial charge in [-0.1, -0.05) is 38.5 Å². The summed E-state index contributed by atoms with van der Waals surface area (Å²) in [5, 5.41) is 12.3. The maximum atomic E-state index is 13.5.